The third kappa shape index (κ3) is 3.18. The monoisotopic (exact) mass is 207 g/mol. The van der Waals surface area contributed by atoms with Crippen molar-refractivity contribution in [2.45, 2.75) is 44.1 Å². The summed E-state index contributed by atoms with van der Waals surface area (Å²) in [6.07, 6.45) is 12.8. The standard InChI is InChI=1S/C13H21NO/c15-13(7-9-14-10-8-13)11-12-5-3-1-2-4-6-12/h1,3,5,14-15H,2,4,6-11H2. The summed E-state index contributed by atoms with van der Waals surface area (Å²) in [4.78, 5) is 0. The Hall–Kier alpha value is -0.600. The topological polar surface area (TPSA) is 32.3 Å². The Morgan fingerprint density at radius 1 is 1.33 bits per heavy atom. The van der Waals surface area contributed by atoms with Gasteiger partial charge in [0.1, 0.15) is 0 Å². The summed E-state index contributed by atoms with van der Waals surface area (Å²) in [6, 6.07) is 0. The van der Waals surface area contributed by atoms with Crippen molar-refractivity contribution in [3.63, 3.8) is 0 Å². The predicted molar refractivity (Wildman–Crippen MR) is 62.7 cm³/mol. The molecule has 0 atom stereocenters. The first-order valence-corrected chi connectivity index (χ1v) is 6.06. The third-order valence-corrected chi connectivity index (χ3v) is 3.43. The van der Waals surface area contributed by atoms with Crippen molar-refractivity contribution in [3.05, 3.63) is 23.8 Å². The van der Waals surface area contributed by atoms with Crippen LogP contribution in [0, 0.1) is 0 Å². The predicted octanol–water partition coefficient (Wildman–Crippen LogP) is 2.16. The quantitative estimate of drug-likeness (QED) is 0.727. The second kappa shape index (κ2) is 4.95. The summed E-state index contributed by atoms with van der Waals surface area (Å²) < 4.78 is 0. The normalized spacial score (nSPS) is 25.8. The van der Waals surface area contributed by atoms with Crippen LogP contribution in [0.25, 0.3) is 0 Å². The van der Waals surface area contributed by atoms with Crippen molar-refractivity contribution in [3.8, 4) is 0 Å². The Morgan fingerprint density at radius 3 is 2.93 bits per heavy atom. The van der Waals surface area contributed by atoms with Crippen LogP contribution in [0.2, 0.25) is 0 Å². The van der Waals surface area contributed by atoms with Gasteiger partial charge in [-0.1, -0.05) is 23.8 Å². The van der Waals surface area contributed by atoms with Crippen LogP contribution in [0.5, 0.6) is 0 Å². The fourth-order valence-corrected chi connectivity index (χ4v) is 2.47. The summed E-state index contributed by atoms with van der Waals surface area (Å²) in [5.74, 6) is 0. The number of hydrogen-bond acceptors (Lipinski definition) is 2. The molecule has 0 amide bonds. The number of hydrogen-bond donors (Lipinski definition) is 2. The van der Waals surface area contributed by atoms with Crippen LogP contribution in [0.3, 0.4) is 0 Å². The third-order valence-electron chi connectivity index (χ3n) is 3.43. The van der Waals surface area contributed by atoms with Crippen LogP contribution >= 0.6 is 0 Å². The summed E-state index contributed by atoms with van der Waals surface area (Å²) in [5, 5.41) is 13.7. The highest BCUT2D eigenvalue weighted by atomic mass is 16.3. The van der Waals surface area contributed by atoms with Gasteiger partial charge in [0, 0.05) is 0 Å². The van der Waals surface area contributed by atoms with Crippen molar-refractivity contribution in [2.75, 3.05) is 13.1 Å². The van der Waals surface area contributed by atoms with Gasteiger partial charge in [-0.25, -0.2) is 0 Å². The van der Waals surface area contributed by atoms with E-state index in [1.807, 2.05) is 0 Å². The van der Waals surface area contributed by atoms with E-state index in [0.717, 1.165) is 38.8 Å². The lowest BCUT2D eigenvalue weighted by atomic mass is 9.84. The molecule has 0 unspecified atom stereocenters. The molecule has 1 aliphatic carbocycles. The van der Waals surface area contributed by atoms with E-state index in [1.165, 1.54) is 18.4 Å². The van der Waals surface area contributed by atoms with Crippen molar-refractivity contribution in [2.24, 2.45) is 0 Å². The molecule has 2 aliphatic rings. The maximum Gasteiger partial charge on any atom is 0.0709 e. The molecule has 2 rings (SSSR count). The smallest absolute Gasteiger partial charge is 0.0709 e. The van der Waals surface area contributed by atoms with Gasteiger partial charge in [-0.3, -0.25) is 0 Å². The summed E-state index contributed by atoms with van der Waals surface area (Å²) in [6.45, 7) is 1.92. The van der Waals surface area contributed by atoms with Gasteiger partial charge in [0.2, 0.25) is 0 Å². The molecule has 15 heavy (non-hydrogen) atoms. The first kappa shape index (κ1) is 10.9. The number of rotatable bonds is 2. The molecule has 0 spiro atoms. The average Bonchev–Trinajstić information content (AvgIpc) is 2.47. The average molecular weight is 207 g/mol. The van der Waals surface area contributed by atoms with E-state index in [0.29, 0.717) is 0 Å². The van der Waals surface area contributed by atoms with Crippen LogP contribution in [0.15, 0.2) is 23.8 Å². The molecule has 0 radical (unpaired) electrons. The number of allylic oxidation sites excluding steroid dienone is 3. The van der Waals surface area contributed by atoms with E-state index in [-0.39, 0.29) is 0 Å². The minimum atomic E-state index is -0.435. The highest BCUT2D eigenvalue weighted by Crippen LogP contribution is 2.29. The lowest BCUT2D eigenvalue weighted by molar-refractivity contribution is 0.0102. The van der Waals surface area contributed by atoms with Crippen LogP contribution in [-0.2, 0) is 0 Å². The Morgan fingerprint density at radius 2 is 2.13 bits per heavy atom. The summed E-state index contributed by atoms with van der Waals surface area (Å²) in [7, 11) is 0. The minimum Gasteiger partial charge on any atom is -0.389 e. The Bertz CT molecular complexity index is 262. The first-order chi connectivity index (χ1) is 7.29. The Kier molecular flexibility index (Phi) is 3.60. The van der Waals surface area contributed by atoms with Gasteiger partial charge in [-0.15, -0.1) is 0 Å². The van der Waals surface area contributed by atoms with Gasteiger partial charge in [-0.2, -0.15) is 0 Å². The van der Waals surface area contributed by atoms with Crippen LogP contribution in [0.4, 0.5) is 0 Å². The number of aliphatic hydroxyl groups is 1. The van der Waals surface area contributed by atoms with Crippen molar-refractivity contribution < 1.29 is 5.11 Å². The Labute approximate surface area is 92.1 Å². The number of nitrogens with one attached hydrogen (secondary N) is 1. The minimum absolute atomic E-state index is 0.435. The zero-order valence-electron chi connectivity index (χ0n) is 9.34. The van der Waals surface area contributed by atoms with Gasteiger partial charge in [0.15, 0.2) is 0 Å². The van der Waals surface area contributed by atoms with Gasteiger partial charge >= 0.3 is 0 Å². The molecule has 1 fully saturated rings. The summed E-state index contributed by atoms with van der Waals surface area (Å²) in [5.41, 5.74) is 0.989. The van der Waals surface area contributed by atoms with Crippen molar-refractivity contribution >= 4 is 0 Å². The van der Waals surface area contributed by atoms with Gasteiger partial charge < -0.3 is 10.4 Å². The molecule has 1 aliphatic heterocycles. The molecular formula is C13H21NO. The Balaban J connectivity index is 1.94. The van der Waals surface area contributed by atoms with E-state index in [1.54, 1.807) is 0 Å². The molecule has 0 aromatic rings. The van der Waals surface area contributed by atoms with Gasteiger partial charge in [-0.05, 0) is 51.6 Å². The molecule has 2 heteroatoms. The SMILES string of the molecule is OC1(CC2=CC=CCCC2)CCNCC1. The maximum absolute atomic E-state index is 10.4. The molecule has 0 saturated carbocycles. The van der Waals surface area contributed by atoms with E-state index in [9.17, 15) is 5.11 Å². The lowest BCUT2D eigenvalue weighted by Crippen LogP contribution is -2.42. The van der Waals surface area contributed by atoms with E-state index in [4.69, 9.17) is 0 Å². The molecule has 0 aromatic heterocycles. The lowest BCUT2D eigenvalue weighted by Gasteiger charge is -2.33. The zero-order chi connectivity index (χ0) is 10.6. The van der Waals surface area contributed by atoms with Crippen LogP contribution in [0.1, 0.15) is 38.5 Å². The molecule has 84 valence electrons. The highest BCUT2D eigenvalue weighted by molar-refractivity contribution is 5.17. The fourth-order valence-electron chi connectivity index (χ4n) is 2.47. The fraction of sp³-hybridized carbons (Fsp3) is 0.692. The molecule has 2 N–H and O–H groups in total. The number of piperidine rings is 1. The van der Waals surface area contributed by atoms with Crippen LogP contribution < -0.4 is 5.32 Å². The largest absolute Gasteiger partial charge is 0.389 e. The van der Waals surface area contributed by atoms with E-state index in [2.05, 4.69) is 23.5 Å². The van der Waals surface area contributed by atoms with E-state index >= 15 is 0 Å². The van der Waals surface area contributed by atoms with E-state index < -0.39 is 5.60 Å². The summed E-state index contributed by atoms with van der Waals surface area (Å²) >= 11 is 0. The van der Waals surface area contributed by atoms with Gasteiger partial charge in [0.05, 0.1) is 5.60 Å². The second-order valence-electron chi connectivity index (χ2n) is 4.80. The zero-order valence-corrected chi connectivity index (χ0v) is 9.34. The van der Waals surface area contributed by atoms with Crippen molar-refractivity contribution in [1.82, 2.24) is 5.32 Å². The van der Waals surface area contributed by atoms with Gasteiger partial charge in [0.25, 0.3) is 0 Å². The molecule has 1 saturated heterocycles. The maximum atomic E-state index is 10.4. The van der Waals surface area contributed by atoms with Crippen molar-refractivity contribution in [1.29, 1.82) is 0 Å². The highest BCUT2D eigenvalue weighted by Gasteiger charge is 2.29. The molecule has 0 aromatic carbocycles. The molecule has 1 heterocycles. The second-order valence-corrected chi connectivity index (χ2v) is 4.80. The molecular weight excluding hydrogens is 186 g/mol. The molecule has 0 bridgehead atoms. The first-order valence-electron chi connectivity index (χ1n) is 6.06. The molecule has 2 nitrogen and oxygen atoms in total. The van der Waals surface area contributed by atoms with Crippen LogP contribution in [-0.4, -0.2) is 23.8 Å².